The number of hydrogen-bond acceptors (Lipinski definition) is 5. The number of esters is 1. The second kappa shape index (κ2) is 6.47. The molecule has 0 spiro atoms. The number of hydrogen-bond donors (Lipinski definition) is 0. The van der Waals surface area contributed by atoms with Gasteiger partial charge in [0, 0.05) is 13.1 Å². The van der Waals surface area contributed by atoms with E-state index in [0.29, 0.717) is 12.5 Å². The topological polar surface area (TPSA) is 55.3 Å². The van der Waals surface area contributed by atoms with Crippen LogP contribution >= 0.6 is 0 Å². The van der Waals surface area contributed by atoms with Gasteiger partial charge >= 0.3 is 5.97 Å². The van der Waals surface area contributed by atoms with Gasteiger partial charge in [-0.25, -0.2) is 4.98 Å². The number of rotatable bonds is 3. The molecule has 2 aromatic rings. The normalized spacial score (nSPS) is 28.2. The molecule has 1 saturated heterocycles. The molecule has 0 bridgehead atoms. The number of anilines is 1. The van der Waals surface area contributed by atoms with Crippen LogP contribution in [0.2, 0.25) is 0 Å². The van der Waals surface area contributed by atoms with Crippen LogP contribution in [-0.4, -0.2) is 35.6 Å². The molecule has 1 fully saturated rings. The summed E-state index contributed by atoms with van der Waals surface area (Å²) >= 11 is 0. The summed E-state index contributed by atoms with van der Waals surface area (Å²) in [6.45, 7) is 6.09. The second-order valence-corrected chi connectivity index (χ2v) is 6.97. The van der Waals surface area contributed by atoms with E-state index in [4.69, 9.17) is 9.72 Å². The Morgan fingerprint density at radius 2 is 2.04 bits per heavy atom. The summed E-state index contributed by atoms with van der Waals surface area (Å²) in [5.74, 6) is 1.58. The number of carbonyl (C=O) groups is 1. The molecule has 5 nitrogen and oxygen atoms in total. The lowest BCUT2D eigenvalue weighted by Crippen LogP contribution is -2.37. The third-order valence-electron chi connectivity index (χ3n) is 5.42. The van der Waals surface area contributed by atoms with Crippen LogP contribution in [0.5, 0.6) is 0 Å². The van der Waals surface area contributed by atoms with Crippen LogP contribution in [0.1, 0.15) is 13.8 Å². The number of nitrogens with zero attached hydrogens (tertiary/aromatic N) is 3. The number of para-hydroxylation sites is 2. The smallest absolute Gasteiger partial charge is 0.309 e. The maximum absolute atomic E-state index is 12.5. The maximum atomic E-state index is 12.5. The summed E-state index contributed by atoms with van der Waals surface area (Å²) in [6, 6.07) is 7.90. The lowest BCUT2D eigenvalue weighted by molar-refractivity contribution is -0.151. The highest BCUT2D eigenvalue weighted by Gasteiger charge is 2.45. The van der Waals surface area contributed by atoms with Crippen molar-refractivity contribution in [1.29, 1.82) is 0 Å². The quantitative estimate of drug-likeness (QED) is 0.636. The van der Waals surface area contributed by atoms with Crippen molar-refractivity contribution >= 4 is 22.8 Å². The van der Waals surface area contributed by atoms with Gasteiger partial charge in [0.25, 0.3) is 0 Å². The molecule has 1 aliphatic heterocycles. The van der Waals surface area contributed by atoms with Crippen molar-refractivity contribution in [3.8, 4) is 0 Å². The minimum Gasteiger partial charge on any atom is -0.466 e. The molecule has 0 saturated carbocycles. The predicted molar refractivity (Wildman–Crippen MR) is 97.2 cm³/mol. The van der Waals surface area contributed by atoms with Crippen LogP contribution in [0.25, 0.3) is 11.0 Å². The van der Waals surface area contributed by atoms with Gasteiger partial charge in [-0.15, -0.1) is 0 Å². The summed E-state index contributed by atoms with van der Waals surface area (Å²) < 4.78 is 5.34. The highest BCUT2D eigenvalue weighted by molar-refractivity contribution is 5.76. The van der Waals surface area contributed by atoms with Gasteiger partial charge in [-0.05, 0) is 36.8 Å². The summed E-state index contributed by atoms with van der Waals surface area (Å²) in [7, 11) is 0. The summed E-state index contributed by atoms with van der Waals surface area (Å²) in [5.41, 5.74) is 1.81. The average molecular weight is 337 g/mol. The Kier molecular flexibility index (Phi) is 4.15. The van der Waals surface area contributed by atoms with Gasteiger partial charge in [-0.3, -0.25) is 9.78 Å². The van der Waals surface area contributed by atoms with E-state index in [-0.39, 0.29) is 23.7 Å². The fourth-order valence-corrected chi connectivity index (χ4v) is 4.18. The molecular formula is C20H23N3O2. The standard InChI is InChI=1S/C20H23N3O2/c1-3-25-20(24)19-13(2)8-9-14-11-23(12-15(14)19)18-10-21-16-6-4-5-7-17(16)22-18/h4-10,13-15,19H,3,11-12H2,1-2H3/t13-,14-,15-,19-/m0/s1. The van der Waals surface area contributed by atoms with E-state index in [1.54, 1.807) is 0 Å². The maximum Gasteiger partial charge on any atom is 0.309 e. The Morgan fingerprint density at radius 1 is 1.24 bits per heavy atom. The zero-order valence-corrected chi connectivity index (χ0v) is 14.6. The Hall–Kier alpha value is -2.43. The van der Waals surface area contributed by atoms with Crippen molar-refractivity contribution in [1.82, 2.24) is 9.97 Å². The number of ether oxygens (including phenoxy) is 1. The summed E-state index contributed by atoms with van der Waals surface area (Å²) in [6.07, 6.45) is 6.27. The monoisotopic (exact) mass is 337 g/mol. The summed E-state index contributed by atoms with van der Waals surface area (Å²) in [5, 5.41) is 0. The molecule has 0 radical (unpaired) electrons. The summed E-state index contributed by atoms with van der Waals surface area (Å²) in [4.78, 5) is 24.0. The molecule has 0 amide bonds. The van der Waals surface area contributed by atoms with E-state index in [1.165, 1.54) is 0 Å². The van der Waals surface area contributed by atoms with Gasteiger partial charge in [0.05, 0.1) is 29.8 Å². The van der Waals surface area contributed by atoms with E-state index in [0.717, 1.165) is 29.9 Å². The van der Waals surface area contributed by atoms with Crippen molar-refractivity contribution in [2.24, 2.45) is 23.7 Å². The Morgan fingerprint density at radius 3 is 2.84 bits per heavy atom. The largest absolute Gasteiger partial charge is 0.466 e. The fraction of sp³-hybridized carbons (Fsp3) is 0.450. The van der Waals surface area contributed by atoms with Gasteiger partial charge in [0.15, 0.2) is 0 Å². The molecule has 4 atom stereocenters. The van der Waals surface area contributed by atoms with E-state index >= 15 is 0 Å². The number of carbonyl (C=O) groups excluding carboxylic acids is 1. The van der Waals surface area contributed by atoms with Crippen molar-refractivity contribution in [3.63, 3.8) is 0 Å². The molecule has 0 N–H and O–H groups in total. The molecule has 2 aliphatic rings. The zero-order valence-electron chi connectivity index (χ0n) is 14.6. The van der Waals surface area contributed by atoms with Gasteiger partial charge in [-0.1, -0.05) is 31.2 Å². The highest BCUT2D eigenvalue weighted by atomic mass is 16.5. The fourth-order valence-electron chi connectivity index (χ4n) is 4.18. The lowest BCUT2D eigenvalue weighted by atomic mass is 9.72. The number of fused-ring (bicyclic) bond motifs is 2. The third-order valence-corrected chi connectivity index (χ3v) is 5.42. The molecule has 1 aromatic carbocycles. The Balaban J connectivity index is 1.60. The predicted octanol–water partition coefficient (Wildman–Crippen LogP) is 3.07. The van der Waals surface area contributed by atoms with Crippen molar-refractivity contribution < 1.29 is 9.53 Å². The van der Waals surface area contributed by atoms with Crippen molar-refractivity contribution in [2.45, 2.75) is 13.8 Å². The first-order valence-corrected chi connectivity index (χ1v) is 8.99. The van der Waals surface area contributed by atoms with Crippen molar-refractivity contribution in [3.05, 3.63) is 42.6 Å². The number of aromatic nitrogens is 2. The van der Waals surface area contributed by atoms with Crippen LogP contribution in [-0.2, 0) is 9.53 Å². The molecule has 5 heteroatoms. The van der Waals surface area contributed by atoms with Gasteiger partial charge in [0.2, 0.25) is 0 Å². The SMILES string of the molecule is CCOC(=O)[C@@H]1[C@H]2CN(c3cnc4ccccc4n3)C[C@@H]2C=C[C@@H]1C. The van der Waals surface area contributed by atoms with Crippen LogP contribution in [0.3, 0.4) is 0 Å². The van der Waals surface area contributed by atoms with E-state index in [2.05, 4.69) is 29.0 Å². The molecule has 1 aromatic heterocycles. The Bertz CT molecular complexity index is 819. The van der Waals surface area contributed by atoms with Crippen molar-refractivity contribution in [2.75, 3.05) is 24.6 Å². The average Bonchev–Trinajstić information content (AvgIpc) is 3.05. The minimum absolute atomic E-state index is 0.0687. The minimum atomic E-state index is -0.0756. The molecular weight excluding hydrogens is 314 g/mol. The molecule has 1 aliphatic carbocycles. The van der Waals surface area contributed by atoms with E-state index in [9.17, 15) is 4.79 Å². The molecule has 130 valence electrons. The van der Waals surface area contributed by atoms with Crippen LogP contribution in [0, 0.1) is 23.7 Å². The molecule has 0 unspecified atom stereocenters. The first kappa shape index (κ1) is 16.1. The number of allylic oxidation sites excluding steroid dienone is 1. The van der Waals surface area contributed by atoms with Crippen LogP contribution in [0.15, 0.2) is 42.6 Å². The van der Waals surface area contributed by atoms with Crippen LogP contribution < -0.4 is 4.90 Å². The van der Waals surface area contributed by atoms with Gasteiger partial charge in [0.1, 0.15) is 5.82 Å². The highest BCUT2D eigenvalue weighted by Crippen LogP contribution is 2.41. The molecule has 25 heavy (non-hydrogen) atoms. The molecule has 4 rings (SSSR count). The van der Waals surface area contributed by atoms with E-state index < -0.39 is 0 Å². The third kappa shape index (κ3) is 2.88. The first-order valence-electron chi connectivity index (χ1n) is 8.99. The van der Waals surface area contributed by atoms with Gasteiger partial charge < -0.3 is 9.64 Å². The Labute approximate surface area is 147 Å². The first-order chi connectivity index (χ1) is 12.2. The van der Waals surface area contributed by atoms with Crippen LogP contribution in [0.4, 0.5) is 5.82 Å². The van der Waals surface area contributed by atoms with E-state index in [1.807, 2.05) is 37.4 Å². The number of benzene rings is 1. The molecule has 2 heterocycles. The second-order valence-electron chi connectivity index (χ2n) is 6.97. The zero-order chi connectivity index (χ0) is 17.4. The lowest BCUT2D eigenvalue weighted by Gasteiger charge is -2.31. The van der Waals surface area contributed by atoms with Gasteiger partial charge in [-0.2, -0.15) is 0 Å².